The summed E-state index contributed by atoms with van der Waals surface area (Å²) in [4.78, 5) is 35.0. The van der Waals surface area contributed by atoms with Crippen molar-refractivity contribution in [1.82, 2.24) is 24.6 Å². The molecule has 0 atom stereocenters. The van der Waals surface area contributed by atoms with Gasteiger partial charge >= 0.3 is 0 Å². The van der Waals surface area contributed by atoms with Gasteiger partial charge in [0.05, 0.1) is 22.9 Å². The maximum atomic E-state index is 13.7. The molecule has 0 spiro atoms. The minimum Gasteiger partial charge on any atom is -0.463 e. The number of aryl methyl sites for hydroxylation is 2. The average Bonchev–Trinajstić information content (AvgIpc) is 3.51. The summed E-state index contributed by atoms with van der Waals surface area (Å²) >= 11 is 0. The second kappa shape index (κ2) is 9.02. The molecule has 4 aromatic rings. The molecule has 180 valence electrons. The zero-order valence-corrected chi connectivity index (χ0v) is 20.5. The van der Waals surface area contributed by atoms with Gasteiger partial charge in [-0.25, -0.2) is 4.98 Å². The summed E-state index contributed by atoms with van der Waals surface area (Å²) in [6.07, 6.45) is 1.59. The number of fused-ring (bicyclic) bond motifs is 1. The molecule has 1 aliphatic rings. The van der Waals surface area contributed by atoms with E-state index in [0.717, 1.165) is 11.1 Å². The van der Waals surface area contributed by atoms with Gasteiger partial charge in [-0.1, -0.05) is 26.0 Å². The Morgan fingerprint density at radius 1 is 0.971 bits per heavy atom. The number of nitrogens with zero attached hydrogens (tertiary/aromatic N) is 5. The van der Waals surface area contributed by atoms with Crippen molar-refractivity contribution in [3.05, 3.63) is 71.1 Å². The number of benzene rings is 1. The fourth-order valence-corrected chi connectivity index (χ4v) is 4.64. The Hall–Kier alpha value is -3.94. The van der Waals surface area contributed by atoms with Gasteiger partial charge in [-0.3, -0.25) is 14.3 Å². The van der Waals surface area contributed by atoms with E-state index in [2.05, 4.69) is 18.9 Å². The molecule has 35 heavy (non-hydrogen) atoms. The van der Waals surface area contributed by atoms with Crippen LogP contribution in [0.5, 0.6) is 0 Å². The predicted octanol–water partition coefficient (Wildman–Crippen LogP) is 4.26. The van der Waals surface area contributed by atoms with Crippen molar-refractivity contribution >= 4 is 22.8 Å². The van der Waals surface area contributed by atoms with E-state index in [-0.39, 0.29) is 11.8 Å². The first-order valence-electron chi connectivity index (χ1n) is 11.9. The normalized spacial score (nSPS) is 14.2. The highest BCUT2D eigenvalue weighted by atomic mass is 16.3. The van der Waals surface area contributed by atoms with E-state index in [4.69, 9.17) is 9.40 Å². The Balaban J connectivity index is 1.36. The Bertz CT molecular complexity index is 1380. The smallest absolute Gasteiger partial charge is 0.254 e. The van der Waals surface area contributed by atoms with E-state index < -0.39 is 0 Å². The molecule has 0 N–H and O–H groups in total. The van der Waals surface area contributed by atoms with Gasteiger partial charge in [0.1, 0.15) is 5.69 Å². The van der Waals surface area contributed by atoms with Crippen LogP contribution in [0.15, 0.2) is 53.1 Å². The van der Waals surface area contributed by atoms with Crippen molar-refractivity contribution in [2.24, 2.45) is 7.05 Å². The minimum absolute atomic E-state index is 0.00177. The van der Waals surface area contributed by atoms with Crippen molar-refractivity contribution in [2.75, 3.05) is 26.2 Å². The number of pyridine rings is 1. The highest BCUT2D eigenvalue weighted by Gasteiger charge is 2.28. The first kappa shape index (κ1) is 22.8. The summed E-state index contributed by atoms with van der Waals surface area (Å²) in [7, 11) is 1.82. The molecule has 4 heterocycles. The highest BCUT2D eigenvalue weighted by molar-refractivity contribution is 6.07. The van der Waals surface area contributed by atoms with Crippen LogP contribution in [0, 0.1) is 6.92 Å². The van der Waals surface area contributed by atoms with E-state index in [9.17, 15) is 9.59 Å². The number of rotatable bonds is 4. The quantitative estimate of drug-likeness (QED) is 0.444. The van der Waals surface area contributed by atoms with Crippen LogP contribution in [-0.2, 0) is 7.05 Å². The number of carbonyl (C=O) groups is 2. The number of amides is 2. The number of piperazine rings is 1. The van der Waals surface area contributed by atoms with Crippen LogP contribution in [0.2, 0.25) is 0 Å². The lowest BCUT2D eigenvalue weighted by Crippen LogP contribution is -2.50. The fourth-order valence-electron chi connectivity index (χ4n) is 4.64. The Morgan fingerprint density at radius 2 is 1.63 bits per heavy atom. The van der Waals surface area contributed by atoms with Gasteiger partial charge in [0.25, 0.3) is 11.8 Å². The SMILES string of the molecule is Cc1nn(C)c2nc(-c3ccco3)cc(C(=O)N3CCN(C(=O)c4ccc(C(C)C)cc4)CC3)c12. The highest BCUT2D eigenvalue weighted by Crippen LogP contribution is 2.28. The van der Waals surface area contributed by atoms with E-state index >= 15 is 0 Å². The maximum absolute atomic E-state index is 13.7. The minimum atomic E-state index is -0.0882. The largest absolute Gasteiger partial charge is 0.463 e. The van der Waals surface area contributed by atoms with E-state index in [1.165, 1.54) is 5.56 Å². The molecule has 1 fully saturated rings. The molecule has 0 unspecified atom stereocenters. The van der Waals surface area contributed by atoms with Crippen LogP contribution in [-0.4, -0.2) is 62.6 Å². The molecule has 0 aliphatic carbocycles. The second-order valence-electron chi connectivity index (χ2n) is 9.30. The molecule has 1 aromatic carbocycles. The zero-order valence-electron chi connectivity index (χ0n) is 20.5. The summed E-state index contributed by atoms with van der Waals surface area (Å²) in [6, 6.07) is 13.2. The van der Waals surface area contributed by atoms with Crippen LogP contribution < -0.4 is 0 Å². The maximum Gasteiger partial charge on any atom is 0.254 e. The molecule has 0 bridgehead atoms. The van der Waals surface area contributed by atoms with Crippen molar-refractivity contribution in [2.45, 2.75) is 26.7 Å². The number of furan rings is 1. The van der Waals surface area contributed by atoms with Gasteiger partial charge in [0, 0.05) is 38.8 Å². The molecule has 0 saturated carbocycles. The van der Waals surface area contributed by atoms with Crippen LogP contribution in [0.3, 0.4) is 0 Å². The van der Waals surface area contributed by atoms with Crippen LogP contribution in [0.1, 0.15) is 51.7 Å². The van der Waals surface area contributed by atoms with Gasteiger partial charge in [-0.15, -0.1) is 0 Å². The number of hydrogen-bond acceptors (Lipinski definition) is 5. The molecule has 1 aliphatic heterocycles. The van der Waals surface area contributed by atoms with E-state index in [1.807, 2.05) is 49.2 Å². The molecule has 3 aromatic heterocycles. The van der Waals surface area contributed by atoms with Gasteiger partial charge in [0.2, 0.25) is 0 Å². The lowest BCUT2D eigenvalue weighted by atomic mass is 10.0. The Morgan fingerprint density at radius 3 is 2.23 bits per heavy atom. The average molecular weight is 472 g/mol. The summed E-state index contributed by atoms with van der Waals surface area (Å²) in [5.74, 6) is 0.931. The van der Waals surface area contributed by atoms with Gasteiger partial charge in [-0.05, 0) is 48.7 Å². The molecule has 1 saturated heterocycles. The third-order valence-corrected chi connectivity index (χ3v) is 6.65. The molecule has 8 nitrogen and oxygen atoms in total. The number of aromatic nitrogens is 3. The van der Waals surface area contributed by atoms with Crippen LogP contribution in [0.25, 0.3) is 22.5 Å². The van der Waals surface area contributed by atoms with Gasteiger partial charge < -0.3 is 14.2 Å². The fraction of sp³-hybridized carbons (Fsp3) is 0.333. The number of hydrogen-bond donors (Lipinski definition) is 0. The zero-order chi connectivity index (χ0) is 24.7. The molecule has 5 rings (SSSR count). The van der Waals surface area contributed by atoms with Crippen molar-refractivity contribution in [3.8, 4) is 11.5 Å². The van der Waals surface area contributed by atoms with E-state index in [0.29, 0.717) is 60.3 Å². The predicted molar refractivity (Wildman–Crippen MR) is 133 cm³/mol. The van der Waals surface area contributed by atoms with E-state index in [1.54, 1.807) is 28.0 Å². The summed E-state index contributed by atoms with van der Waals surface area (Å²) in [5.41, 5.74) is 4.42. The molecule has 8 heteroatoms. The van der Waals surface area contributed by atoms with Crippen LogP contribution in [0.4, 0.5) is 0 Å². The van der Waals surface area contributed by atoms with Gasteiger partial charge in [-0.2, -0.15) is 5.10 Å². The first-order valence-corrected chi connectivity index (χ1v) is 11.9. The third kappa shape index (κ3) is 4.20. The summed E-state index contributed by atoms with van der Waals surface area (Å²) in [6.45, 7) is 8.06. The lowest BCUT2D eigenvalue weighted by molar-refractivity contribution is 0.0536. The molecular formula is C27H29N5O3. The third-order valence-electron chi connectivity index (χ3n) is 6.65. The van der Waals surface area contributed by atoms with Crippen molar-refractivity contribution in [3.63, 3.8) is 0 Å². The Labute approximate surface area is 204 Å². The summed E-state index contributed by atoms with van der Waals surface area (Å²) < 4.78 is 7.23. The van der Waals surface area contributed by atoms with Gasteiger partial charge in [0.15, 0.2) is 11.4 Å². The topological polar surface area (TPSA) is 84.5 Å². The molecule has 2 amide bonds. The Kier molecular flexibility index (Phi) is 5.88. The second-order valence-corrected chi connectivity index (χ2v) is 9.30. The summed E-state index contributed by atoms with van der Waals surface area (Å²) in [5, 5.41) is 5.23. The van der Waals surface area contributed by atoms with Crippen LogP contribution >= 0.6 is 0 Å². The first-order chi connectivity index (χ1) is 16.8. The number of carbonyl (C=O) groups excluding carboxylic acids is 2. The molecular weight excluding hydrogens is 442 g/mol. The lowest BCUT2D eigenvalue weighted by Gasteiger charge is -2.35. The van der Waals surface area contributed by atoms with Crippen molar-refractivity contribution < 1.29 is 14.0 Å². The monoisotopic (exact) mass is 471 g/mol. The van der Waals surface area contributed by atoms with Crippen molar-refractivity contribution in [1.29, 1.82) is 0 Å². The molecule has 0 radical (unpaired) electrons. The standard InChI is InChI=1S/C27H29N5O3/c1-17(2)19-7-9-20(10-8-19)26(33)31-11-13-32(14-12-31)27(34)21-16-22(23-6-5-15-35-23)28-25-24(21)18(3)29-30(25)4/h5-10,15-17H,11-14H2,1-4H3.